The number of benzene rings is 2. The lowest BCUT2D eigenvalue weighted by Gasteiger charge is -2.29. The van der Waals surface area contributed by atoms with Crippen LogP contribution in [0.1, 0.15) is 24.5 Å². The maximum Gasteiger partial charge on any atom is 0.349 e. The predicted octanol–water partition coefficient (Wildman–Crippen LogP) is 4.13. The topological polar surface area (TPSA) is 87.8 Å². The van der Waals surface area contributed by atoms with E-state index in [1.165, 1.54) is 0 Å². The number of imide groups is 1. The fourth-order valence-electron chi connectivity index (χ4n) is 3.19. The van der Waals surface area contributed by atoms with E-state index in [9.17, 15) is 9.59 Å². The van der Waals surface area contributed by atoms with E-state index in [0.717, 1.165) is 30.4 Å². The minimum Gasteiger partial charge on any atom is -0.397 e. The molecule has 0 radical (unpaired) electrons. The molecule has 29 heavy (non-hydrogen) atoms. The van der Waals surface area contributed by atoms with Gasteiger partial charge in [-0.15, -0.1) is 0 Å². The van der Waals surface area contributed by atoms with Crippen LogP contribution in [0.5, 0.6) is 0 Å². The Hall–Kier alpha value is -3.12. The molecule has 3 N–H and O–H groups in total. The quantitative estimate of drug-likeness (QED) is 0.553. The number of halogens is 1. The molecule has 0 bridgehead atoms. The number of nitrogens with one attached hydrogen (secondary N) is 1. The van der Waals surface area contributed by atoms with Gasteiger partial charge in [-0.3, -0.25) is 10.1 Å². The Balaban J connectivity index is 1.89. The zero-order valence-corrected chi connectivity index (χ0v) is 17.0. The molecule has 1 aliphatic rings. The molecule has 0 saturated carbocycles. The molecular formula is C22H23ClN4O2. The smallest absolute Gasteiger partial charge is 0.349 e. The highest BCUT2D eigenvalue weighted by atomic mass is 35.5. The third kappa shape index (κ3) is 4.84. The molecule has 6 nitrogen and oxygen atoms in total. The van der Waals surface area contributed by atoms with Crippen LogP contribution in [0.15, 0.2) is 59.6 Å². The zero-order valence-electron chi connectivity index (χ0n) is 16.2. The van der Waals surface area contributed by atoms with Crippen LogP contribution < -0.4 is 16.0 Å². The van der Waals surface area contributed by atoms with E-state index in [2.05, 4.69) is 16.9 Å². The van der Waals surface area contributed by atoms with Crippen LogP contribution in [0.4, 0.5) is 16.2 Å². The average Bonchev–Trinajstić information content (AvgIpc) is 2.70. The molecule has 1 heterocycles. The van der Waals surface area contributed by atoms with E-state index in [0.29, 0.717) is 22.9 Å². The number of amidine groups is 1. The summed E-state index contributed by atoms with van der Waals surface area (Å²) in [6, 6.07) is 12.7. The van der Waals surface area contributed by atoms with Crippen molar-refractivity contribution < 1.29 is 9.59 Å². The van der Waals surface area contributed by atoms with Gasteiger partial charge in [0.05, 0.1) is 16.9 Å². The molecular weight excluding hydrogens is 388 g/mol. The van der Waals surface area contributed by atoms with E-state index in [1.807, 2.05) is 49.4 Å². The summed E-state index contributed by atoms with van der Waals surface area (Å²) in [5.74, 6) is -0.322. The standard InChI is InChI=1S/C22H23ClN4O2/c1-3-15-8-11-19(18(24)13-15)27(20-14(2)21(28)26-22(29)25-20)12-4-5-16-6-9-17(23)10-7-16/h6-11,13H,2-5,12,24H2,1H3,(H,26,28,29). The molecule has 0 fully saturated rings. The lowest BCUT2D eigenvalue weighted by atomic mass is 10.1. The van der Waals surface area contributed by atoms with Gasteiger partial charge in [-0.2, -0.15) is 4.99 Å². The Labute approximate surface area is 175 Å². The van der Waals surface area contributed by atoms with Crippen molar-refractivity contribution in [1.29, 1.82) is 0 Å². The summed E-state index contributed by atoms with van der Waals surface area (Å²) in [5, 5.41) is 2.84. The number of hydrogen-bond donors (Lipinski definition) is 2. The number of hydrogen-bond acceptors (Lipinski definition) is 4. The van der Waals surface area contributed by atoms with E-state index in [-0.39, 0.29) is 11.4 Å². The van der Waals surface area contributed by atoms with Crippen LogP contribution in [0.25, 0.3) is 0 Å². The van der Waals surface area contributed by atoms with Gasteiger partial charge in [-0.1, -0.05) is 43.3 Å². The lowest BCUT2D eigenvalue weighted by molar-refractivity contribution is -0.116. The van der Waals surface area contributed by atoms with Gasteiger partial charge < -0.3 is 10.6 Å². The van der Waals surface area contributed by atoms with E-state index in [4.69, 9.17) is 17.3 Å². The van der Waals surface area contributed by atoms with Crippen molar-refractivity contribution in [3.05, 3.63) is 70.8 Å². The van der Waals surface area contributed by atoms with Crippen LogP contribution in [0.2, 0.25) is 5.02 Å². The largest absolute Gasteiger partial charge is 0.397 e. The third-order valence-electron chi connectivity index (χ3n) is 4.78. The monoisotopic (exact) mass is 410 g/mol. The van der Waals surface area contributed by atoms with Crippen molar-refractivity contribution in [1.82, 2.24) is 5.32 Å². The molecule has 150 valence electrons. The Morgan fingerprint density at radius 2 is 1.83 bits per heavy atom. The second-order valence-electron chi connectivity index (χ2n) is 6.80. The number of aryl methyl sites for hydroxylation is 2. The van der Waals surface area contributed by atoms with Gasteiger partial charge in [-0.25, -0.2) is 4.79 Å². The van der Waals surface area contributed by atoms with Gasteiger partial charge in [-0.05, 0) is 54.7 Å². The van der Waals surface area contributed by atoms with Gasteiger partial charge in [0.2, 0.25) is 0 Å². The van der Waals surface area contributed by atoms with Gasteiger partial charge >= 0.3 is 6.03 Å². The molecule has 3 rings (SSSR count). The molecule has 0 spiro atoms. The zero-order chi connectivity index (χ0) is 21.0. The number of rotatable bonds is 6. The number of anilines is 2. The first-order chi connectivity index (χ1) is 13.9. The summed E-state index contributed by atoms with van der Waals surface area (Å²) in [4.78, 5) is 29.7. The third-order valence-corrected chi connectivity index (χ3v) is 5.03. The Bertz CT molecular complexity index is 983. The maximum atomic E-state index is 12.1. The van der Waals surface area contributed by atoms with E-state index < -0.39 is 11.9 Å². The minimum atomic E-state index is -0.705. The average molecular weight is 411 g/mol. The van der Waals surface area contributed by atoms with Crippen LogP contribution in [-0.4, -0.2) is 24.3 Å². The summed E-state index contributed by atoms with van der Waals surface area (Å²) in [6.45, 7) is 6.37. The molecule has 2 aromatic carbocycles. The molecule has 0 saturated heterocycles. The fraction of sp³-hybridized carbons (Fsp3) is 0.227. The number of urea groups is 1. The van der Waals surface area contributed by atoms with Crippen molar-refractivity contribution in [3.8, 4) is 0 Å². The number of carbonyl (C=O) groups is 2. The molecule has 7 heteroatoms. The first-order valence-corrected chi connectivity index (χ1v) is 9.80. The Morgan fingerprint density at radius 3 is 2.48 bits per heavy atom. The molecule has 0 unspecified atom stereocenters. The normalized spacial score (nSPS) is 13.9. The summed E-state index contributed by atoms with van der Waals surface area (Å²) in [6.07, 6.45) is 2.40. The summed E-state index contributed by atoms with van der Waals surface area (Å²) < 4.78 is 0. The summed E-state index contributed by atoms with van der Waals surface area (Å²) >= 11 is 5.95. The van der Waals surface area contributed by atoms with Crippen molar-refractivity contribution in [3.63, 3.8) is 0 Å². The molecule has 0 atom stereocenters. The number of nitrogens with two attached hydrogens (primary N) is 1. The highest BCUT2D eigenvalue weighted by Crippen LogP contribution is 2.28. The summed E-state index contributed by atoms with van der Waals surface area (Å²) in [7, 11) is 0. The second kappa shape index (κ2) is 8.92. The van der Waals surface area contributed by atoms with Crippen molar-refractivity contribution in [2.75, 3.05) is 17.2 Å². The van der Waals surface area contributed by atoms with Crippen molar-refractivity contribution >= 4 is 40.7 Å². The lowest BCUT2D eigenvalue weighted by Crippen LogP contribution is -2.45. The van der Waals surface area contributed by atoms with E-state index >= 15 is 0 Å². The summed E-state index contributed by atoms with van der Waals surface area (Å²) in [5.41, 5.74) is 9.92. The molecule has 0 aliphatic carbocycles. The van der Waals surface area contributed by atoms with Crippen LogP contribution in [0, 0.1) is 0 Å². The van der Waals surface area contributed by atoms with Crippen LogP contribution >= 0.6 is 11.6 Å². The van der Waals surface area contributed by atoms with Crippen LogP contribution in [0.3, 0.4) is 0 Å². The molecule has 3 amide bonds. The van der Waals surface area contributed by atoms with E-state index in [1.54, 1.807) is 4.90 Å². The van der Waals surface area contributed by atoms with Crippen molar-refractivity contribution in [2.45, 2.75) is 26.2 Å². The number of carbonyl (C=O) groups excluding carboxylic acids is 2. The van der Waals surface area contributed by atoms with Gasteiger partial charge in [0.25, 0.3) is 5.91 Å². The van der Waals surface area contributed by atoms with Crippen LogP contribution in [-0.2, 0) is 17.6 Å². The first-order valence-electron chi connectivity index (χ1n) is 9.42. The Morgan fingerprint density at radius 1 is 1.14 bits per heavy atom. The number of nitrogen functional groups attached to an aromatic ring is 1. The maximum absolute atomic E-state index is 12.1. The second-order valence-corrected chi connectivity index (χ2v) is 7.24. The first kappa shape index (κ1) is 20.6. The number of nitrogens with zero attached hydrogens (tertiary/aromatic N) is 2. The molecule has 1 aliphatic heterocycles. The molecule has 2 aromatic rings. The highest BCUT2D eigenvalue weighted by Gasteiger charge is 2.28. The SMILES string of the molecule is C=C1C(=O)NC(=O)N=C1N(CCCc1ccc(Cl)cc1)c1ccc(CC)cc1N. The highest BCUT2D eigenvalue weighted by molar-refractivity contribution is 6.32. The fourth-order valence-corrected chi connectivity index (χ4v) is 3.32. The Kier molecular flexibility index (Phi) is 6.34. The minimum absolute atomic E-state index is 0.134. The number of aliphatic imine (C=N–C) groups is 1. The van der Waals surface area contributed by atoms with Gasteiger partial charge in [0, 0.05) is 11.6 Å². The van der Waals surface area contributed by atoms with Crippen molar-refractivity contribution in [2.24, 2.45) is 4.99 Å². The predicted molar refractivity (Wildman–Crippen MR) is 117 cm³/mol. The van der Waals surface area contributed by atoms with Gasteiger partial charge in [0.1, 0.15) is 0 Å². The molecule has 0 aromatic heterocycles. The van der Waals surface area contributed by atoms with Gasteiger partial charge in [0.15, 0.2) is 5.84 Å². The number of amides is 3.